The molecule has 0 bridgehead atoms. The largest absolute Gasteiger partial charge is 0.461 e. The number of nitrogens with one attached hydrogen (secondary N) is 3. The second-order valence-electron chi connectivity index (χ2n) is 6.42. The number of rotatable bonds is 10. The summed E-state index contributed by atoms with van der Waals surface area (Å²) in [5.74, 6) is 3.36. The minimum Gasteiger partial charge on any atom is -0.461 e. The zero-order valence-corrected chi connectivity index (χ0v) is 15.7. The van der Waals surface area contributed by atoms with Crippen molar-refractivity contribution < 1.29 is 13.9 Å². The third kappa shape index (κ3) is 6.37. The van der Waals surface area contributed by atoms with Crippen molar-refractivity contribution in [3.05, 3.63) is 24.2 Å². The van der Waals surface area contributed by atoms with E-state index in [1.807, 2.05) is 12.1 Å². The summed E-state index contributed by atoms with van der Waals surface area (Å²) in [4.78, 5) is 8.64. The lowest BCUT2D eigenvalue weighted by atomic mass is 10.1. The van der Waals surface area contributed by atoms with Crippen LogP contribution in [0.15, 0.2) is 27.8 Å². The van der Waals surface area contributed by atoms with E-state index in [9.17, 15) is 0 Å². The van der Waals surface area contributed by atoms with Crippen molar-refractivity contribution in [1.29, 1.82) is 0 Å². The van der Waals surface area contributed by atoms with E-state index in [4.69, 9.17) is 13.9 Å². The molecule has 1 fully saturated rings. The first-order valence-electron chi connectivity index (χ1n) is 9.40. The highest BCUT2D eigenvalue weighted by Crippen LogP contribution is 2.14. The van der Waals surface area contributed by atoms with Crippen LogP contribution in [0.4, 0.5) is 0 Å². The Kier molecular flexibility index (Phi) is 7.67. The average Bonchev–Trinajstić information content (AvgIpc) is 3.45. The van der Waals surface area contributed by atoms with Gasteiger partial charge in [-0.3, -0.25) is 10.1 Å². The van der Waals surface area contributed by atoms with Gasteiger partial charge in [0.05, 0.1) is 19.5 Å². The molecule has 2 aromatic rings. The van der Waals surface area contributed by atoms with Crippen LogP contribution >= 0.6 is 0 Å². The first kappa shape index (κ1) is 19.4. The molecule has 0 radical (unpaired) electrons. The van der Waals surface area contributed by atoms with Gasteiger partial charge in [0, 0.05) is 45.7 Å². The van der Waals surface area contributed by atoms with Gasteiger partial charge in [0.15, 0.2) is 11.7 Å². The number of ether oxygens (including phenoxy) is 2. The van der Waals surface area contributed by atoms with Crippen molar-refractivity contribution in [2.45, 2.75) is 19.3 Å². The Labute approximate surface area is 158 Å². The molecule has 0 amide bonds. The monoisotopic (exact) mass is 376 g/mol. The Balaban J connectivity index is 1.25. The van der Waals surface area contributed by atoms with Crippen LogP contribution in [0.5, 0.6) is 0 Å². The maximum absolute atomic E-state index is 5.70. The number of aliphatic imine (C=N–C) groups is 1. The summed E-state index contributed by atoms with van der Waals surface area (Å²) < 4.78 is 16.3. The molecule has 9 heteroatoms. The van der Waals surface area contributed by atoms with Crippen LogP contribution < -0.4 is 10.6 Å². The van der Waals surface area contributed by atoms with Crippen molar-refractivity contribution in [3.8, 4) is 11.6 Å². The van der Waals surface area contributed by atoms with Gasteiger partial charge in [-0.1, -0.05) is 0 Å². The zero-order valence-electron chi connectivity index (χ0n) is 15.7. The quantitative estimate of drug-likeness (QED) is 0.325. The van der Waals surface area contributed by atoms with Crippen LogP contribution in [0.3, 0.4) is 0 Å². The van der Waals surface area contributed by atoms with E-state index in [1.54, 1.807) is 13.3 Å². The van der Waals surface area contributed by atoms with Crippen LogP contribution in [0.25, 0.3) is 11.6 Å². The summed E-state index contributed by atoms with van der Waals surface area (Å²) >= 11 is 0. The number of H-pyrrole nitrogens is 1. The van der Waals surface area contributed by atoms with E-state index in [1.165, 1.54) is 0 Å². The molecule has 1 saturated heterocycles. The fraction of sp³-hybridized carbons (Fsp3) is 0.611. The van der Waals surface area contributed by atoms with E-state index in [0.717, 1.165) is 57.6 Å². The van der Waals surface area contributed by atoms with Gasteiger partial charge in [0.2, 0.25) is 5.82 Å². The van der Waals surface area contributed by atoms with Gasteiger partial charge in [-0.15, -0.1) is 0 Å². The van der Waals surface area contributed by atoms with Gasteiger partial charge in [-0.05, 0) is 25.0 Å². The minimum atomic E-state index is 0.566. The average molecular weight is 376 g/mol. The third-order valence-corrected chi connectivity index (χ3v) is 4.29. The number of furan rings is 1. The highest BCUT2D eigenvalue weighted by Gasteiger charge is 2.15. The molecular weight excluding hydrogens is 348 g/mol. The van der Waals surface area contributed by atoms with Crippen molar-refractivity contribution in [1.82, 2.24) is 25.8 Å². The van der Waals surface area contributed by atoms with E-state index < -0.39 is 0 Å². The summed E-state index contributed by atoms with van der Waals surface area (Å²) in [6.45, 7) is 4.76. The minimum absolute atomic E-state index is 0.566. The van der Waals surface area contributed by atoms with E-state index in [-0.39, 0.29) is 0 Å². The molecule has 3 heterocycles. The van der Waals surface area contributed by atoms with Gasteiger partial charge >= 0.3 is 0 Å². The highest BCUT2D eigenvalue weighted by molar-refractivity contribution is 5.79. The first-order chi connectivity index (χ1) is 13.3. The highest BCUT2D eigenvalue weighted by atomic mass is 16.5. The van der Waals surface area contributed by atoms with Gasteiger partial charge < -0.3 is 24.5 Å². The normalized spacial score (nSPS) is 17.4. The zero-order chi connectivity index (χ0) is 18.7. The lowest BCUT2D eigenvalue weighted by Crippen LogP contribution is -2.39. The first-order valence-corrected chi connectivity index (χ1v) is 9.40. The second kappa shape index (κ2) is 10.7. The molecule has 27 heavy (non-hydrogen) atoms. The maximum Gasteiger partial charge on any atom is 0.216 e. The lowest BCUT2D eigenvalue weighted by molar-refractivity contribution is 0.0888. The number of hydrogen-bond donors (Lipinski definition) is 3. The molecule has 148 valence electrons. The summed E-state index contributed by atoms with van der Waals surface area (Å²) in [6.07, 6.45) is 4.36. The van der Waals surface area contributed by atoms with Gasteiger partial charge in [0.25, 0.3) is 0 Å². The predicted octanol–water partition coefficient (Wildman–Crippen LogP) is 1.22. The number of aromatic nitrogens is 3. The van der Waals surface area contributed by atoms with E-state index >= 15 is 0 Å². The molecule has 1 aliphatic heterocycles. The lowest BCUT2D eigenvalue weighted by Gasteiger charge is -2.12. The van der Waals surface area contributed by atoms with Crippen LogP contribution in [0.2, 0.25) is 0 Å². The smallest absolute Gasteiger partial charge is 0.216 e. The Bertz CT molecular complexity index is 679. The Hall–Kier alpha value is -2.39. The number of hydrogen-bond acceptors (Lipinski definition) is 6. The summed E-state index contributed by atoms with van der Waals surface area (Å²) in [6, 6.07) is 3.65. The Morgan fingerprint density at radius 1 is 1.41 bits per heavy atom. The molecule has 1 aliphatic rings. The third-order valence-electron chi connectivity index (χ3n) is 4.29. The maximum atomic E-state index is 5.70. The molecule has 2 aromatic heterocycles. The molecular formula is C18H28N6O3. The van der Waals surface area contributed by atoms with Crippen LogP contribution in [0.1, 0.15) is 18.7 Å². The molecule has 0 aliphatic carbocycles. The molecule has 9 nitrogen and oxygen atoms in total. The summed E-state index contributed by atoms with van der Waals surface area (Å²) in [7, 11) is 1.76. The Morgan fingerprint density at radius 3 is 3.11 bits per heavy atom. The van der Waals surface area contributed by atoms with Gasteiger partial charge in [0.1, 0.15) is 5.82 Å². The van der Waals surface area contributed by atoms with Gasteiger partial charge in [-0.25, -0.2) is 4.98 Å². The number of nitrogens with zero attached hydrogens (tertiary/aromatic N) is 3. The van der Waals surface area contributed by atoms with E-state index in [0.29, 0.717) is 30.5 Å². The Morgan fingerprint density at radius 2 is 2.33 bits per heavy atom. The number of guanidine groups is 1. The van der Waals surface area contributed by atoms with Gasteiger partial charge in [-0.2, -0.15) is 5.10 Å². The number of aromatic amines is 1. The molecule has 1 unspecified atom stereocenters. The second-order valence-corrected chi connectivity index (χ2v) is 6.42. The molecule has 3 N–H and O–H groups in total. The van der Waals surface area contributed by atoms with Crippen LogP contribution in [-0.2, 0) is 15.9 Å². The van der Waals surface area contributed by atoms with Crippen molar-refractivity contribution in [2.24, 2.45) is 10.9 Å². The van der Waals surface area contributed by atoms with Crippen molar-refractivity contribution in [2.75, 3.05) is 46.6 Å². The molecule has 0 aromatic carbocycles. The van der Waals surface area contributed by atoms with Crippen molar-refractivity contribution >= 4 is 5.96 Å². The summed E-state index contributed by atoms with van der Waals surface area (Å²) in [5, 5.41) is 13.6. The SMILES string of the molecule is CN=C(NCCCOCC1CCOC1)NCCc1nc(-c2ccco2)n[nH]1. The molecule has 0 saturated carbocycles. The van der Waals surface area contributed by atoms with Crippen molar-refractivity contribution in [3.63, 3.8) is 0 Å². The molecule has 3 rings (SSSR count). The van der Waals surface area contributed by atoms with Crippen LogP contribution in [-0.4, -0.2) is 67.7 Å². The molecule has 0 spiro atoms. The van der Waals surface area contributed by atoms with Crippen LogP contribution in [0, 0.1) is 5.92 Å². The topological polar surface area (TPSA) is 110 Å². The fourth-order valence-electron chi connectivity index (χ4n) is 2.79. The standard InChI is InChI=1S/C18H28N6O3/c1-19-18(20-7-3-9-25-12-14-6-11-26-13-14)21-8-5-16-22-17(24-23-16)15-4-2-10-27-15/h2,4,10,14H,3,5-9,11-13H2,1H3,(H2,19,20,21)(H,22,23,24). The predicted molar refractivity (Wildman–Crippen MR) is 102 cm³/mol. The molecule has 1 atom stereocenters. The summed E-state index contributed by atoms with van der Waals surface area (Å²) in [5.41, 5.74) is 0. The van der Waals surface area contributed by atoms with E-state index in [2.05, 4.69) is 30.8 Å². The fourth-order valence-corrected chi connectivity index (χ4v) is 2.79.